The standard InChI is InChI=1S/C17H24FN3O3/c1-17(2,3)16(22)19-10-12-5-4-8-20(11-12)15-7-6-13(21(23)24)9-14(15)18/h6-7,9,12H,4-5,8,10-11H2,1-3H3,(H,19,22). The molecule has 6 nitrogen and oxygen atoms in total. The molecule has 1 aliphatic rings. The molecule has 1 heterocycles. The number of amides is 1. The minimum atomic E-state index is -0.603. The molecule has 1 aromatic rings. The van der Waals surface area contributed by atoms with Gasteiger partial charge in [0.25, 0.3) is 5.69 Å². The maximum Gasteiger partial charge on any atom is 0.272 e. The van der Waals surface area contributed by atoms with Gasteiger partial charge in [0.05, 0.1) is 16.7 Å². The quantitative estimate of drug-likeness (QED) is 0.676. The summed E-state index contributed by atoms with van der Waals surface area (Å²) in [6.45, 7) is 7.48. The van der Waals surface area contributed by atoms with Gasteiger partial charge in [0.1, 0.15) is 0 Å². The Labute approximate surface area is 141 Å². The van der Waals surface area contributed by atoms with Crippen LogP contribution in [0, 0.1) is 27.3 Å². The topological polar surface area (TPSA) is 75.5 Å². The van der Waals surface area contributed by atoms with Gasteiger partial charge < -0.3 is 10.2 Å². The highest BCUT2D eigenvalue weighted by Crippen LogP contribution is 2.28. The van der Waals surface area contributed by atoms with Gasteiger partial charge in [-0.25, -0.2) is 4.39 Å². The maximum atomic E-state index is 14.2. The highest BCUT2D eigenvalue weighted by Gasteiger charge is 2.26. The predicted octanol–water partition coefficient (Wildman–Crippen LogP) is 3.11. The smallest absolute Gasteiger partial charge is 0.272 e. The fourth-order valence-electron chi connectivity index (χ4n) is 2.82. The molecular weight excluding hydrogens is 313 g/mol. The zero-order chi connectivity index (χ0) is 17.9. The van der Waals surface area contributed by atoms with Crippen LogP contribution in [0.1, 0.15) is 33.6 Å². The average molecular weight is 337 g/mol. The number of nitro benzene ring substituents is 1. The highest BCUT2D eigenvalue weighted by molar-refractivity contribution is 5.81. The predicted molar refractivity (Wildman–Crippen MR) is 90.5 cm³/mol. The van der Waals surface area contributed by atoms with E-state index in [1.165, 1.54) is 12.1 Å². The Morgan fingerprint density at radius 3 is 2.75 bits per heavy atom. The van der Waals surface area contributed by atoms with Crippen molar-refractivity contribution in [2.75, 3.05) is 24.5 Å². The second kappa shape index (κ2) is 7.15. The summed E-state index contributed by atoms with van der Waals surface area (Å²) in [6.07, 6.45) is 1.86. The van der Waals surface area contributed by atoms with Crippen molar-refractivity contribution < 1.29 is 14.1 Å². The van der Waals surface area contributed by atoms with E-state index in [0.29, 0.717) is 25.3 Å². The number of carbonyl (C=O) groups is 1. The Morgan fingerprint density at radius 2 is 2.17 bits per heavy atom. The number of nitro groups is 1. The molecule has 1 saturated heterocycles. The number of hydrogen-bond acceptors (Lipinski definition) is 4. The van der Waals surface area contributed by atoms with Crippen LogP contribution in [0.2, 0.25) is 0 Å². The van der Waals surface area contributed by atoms with Crippen LogP contribution in [0.25, 0.3) is 0 Å². The van der Waals surface area contributed by atoms with Crippen LogP contribution in [0.15, 0.2) is 18.2 Å². The third kappa shape index (κ3) is 4.43. The van der Waals surface area contributed by atoms with E-state index in [4.69, 9.17) is 0 Å². The van der Waals surface area contributed by atoms with Crippen molar-refractivity contribution in [3.8, 4) is 0 Å². The normalized spacial score (nSPS) is 18.3. The Morgan fingerprint density at radius 1 is 1.46 bits per heavy atom. The molecule has 0 saturated carbocycles. The maximum absolute atomic E-state index is 14.2. The third-order valence-electron chi connectivity index (χ3n) is 4.23. The van der Waals surface area contributed by atoms with Gasteiger partial charge in [0.2, 0.25) is 5.91 Å². The number of benzene rings is 1. The molecule has 2 rings (SSSR count). The van der Waals surface area contributed by atoms with Gasteiger partial charge in [-0.05, 0) is 24.8 Å². The van der Waals surface area contributed by atoms with Gasteiger partial charge in [0, 0.05) is 31.1 Å². The first-order chi connectivity index (χ1) is 11.2. The van der Waals surface area contributed by atoms with Crippen molar-refractivity contribution in [3.05, 3.63) is 34.1 Å². The van der Waals surface area contributed by atoms with Crippen LogP contribution >= 0.6 is 0 Å². The fourth-order valence-corrected chi connectivity index (χ4v) is 2.82. The van der Waals surface area contributed by atoms with Crippen LogP contribution in [0.3, 0.4) is 0 Å². The van der Waals surface area contributed by atoms with Crippen LogP contribution in [-0.4, -0.2) is 30.5 Å². The Hall–Kier alpha value is -2.18. The van der Waals surface area contributed by atoms with Gasteiger partial charge in [-0.1, -0.05) is 20.8 Å². The van der Waals surface area contributed by atoms with Crippen molar-refractivity contribution in [1.29, 1.82) is 0 Å². The van der Waals surface area contributed by atoms with Crippen molar-refractivity contribution in [2.45, 2.75) is 33.6 Å². The number of hydrogen-bond donors (Lipinski definition) is 1. The minimum Gasteiger partial charge on any atom is -0.369 e. The van der Waals surface area contributed by atoms with E-state index in [9.17, 15) is 19.3 Å². The third-order valence-corrected chi connectivity index (χ3v) is 4.23. The van der Waals surface area contributed by atoms with Gasteiger partial charge in [0.15, 0.2) is 5.82 Å². The molecule has 0 aliphatic carbocycles. The van der Waals surface area contributed by atoms with Gasteiger partial charge >= 0.3 is 0 Å². The number of carbonyl (C=O) groups excluding carboxylic acids is 1. The van der Waals surface area contributed by atoms with E-state index in [-0.39, 0.29) is 17.5 Å². The highest BCUT2D eigenvalue weighted by atomic mass is 19.1. The van der Waals surface area contributed by atoms with Crippen molar-refractivity contribution in [3.63, 3.8) is 0 Å². The summed E-state index contributed by atoms with van der Waals surface area (Å²) in [5.74, 6) is -0.343. The van der Waals surface area contributed by atoms with Gasteiger partial charge in [-0.15, -0.1) is 0 Å². The first kappa shape index (κ1) is 18.2. The van der Waals surface area contributed by atoms with E-state index < -0.39 is 16.2 Å². The largest absolute Gasteiger partial charge is 0.369 e. The monoisotopic (exact) mass is 337 g/mol. The second-order valence-electron chi connectivity index (χ2n) is 7.31. The lowest BCUT2D eigenvalue weighted by Crippen LogP contribution is -2.43. The summed E-state index contributed by atoms with van der Waals surface area (Å²) in [7, 11) is 0. The fraction of sp³-hybridized carbons (Fsp3) is 0.588. The summed E-state index contributed by atoms with van der Waals surface area (Å²) in [5, 5.41) is 13.7. The van der Waals surface area contributed by atoms with Crippen LogP contribution in [-0.2, 0) is 4.79 Å². The summed E-state index contributed by atoms with van der Waals surface area (Å²) >= 11 is 0. The Bertz CT molecular complexity index is 628. The Balaban J connectivity index is 2.00. The SMILES string of the molecule is CC(C)(C)C(=O)NCC1CCCN(c2ccc([N+](=O)[O-])cc2F)C1. The van der Waals surface area contributed by atoms with Gasteiger partial charge in [-0.2, -0.15) is 0 Å². The van der Waals surface area contributed by atoms with Crippen LogP contribution < -0.4 is 10.2 Å². The first-order valence-electron chi connectivity index (χ1n) is 8.15. The molecule has 24 heavy (non-hydrogen) atoms. The first-order valence-corrected chi connectivity index (χ1v) is 8.15. The lowest BCUT2D eigenvalue weighted by molar-refractivity contribution is -0.385. The zero-order valence-electron chi connectivity index (χ0n) is 14.3. The number of nitrogens with zero attached hydrogens (tertiary/aromatic N) is 2. The van der Waals surface area contributed by atoms with Crippen LogP contribution in [0.4, 0.5) is 15.8 Å². The molecule has 132 valence electrons. The zero-order valence-corrected chi connectivity index (χ0v) is 14.3. The minimum absolute atomic E-state index is 0.00106. The number of anilines is 1. The number of nitrogens with one attached hydrogen (secondary N) is 1. The van der Waals surface area contributed by atoms with E-state index >= 15 is 0 Å². The van der Waals surface area contributed by atoms with Crippen molar-refractivity contribution >= 4 is 17.3 Å². The molecule has 1 fully saturated rings. The molecule has 0 aromatic heterocycles. The van der Waals surface area contributed by atoms with Crippen molar-refractivity contribution in [2.24, 2.45) is 11.3 Å². The molecule has 1 N–H and O–H groups in total. The van der Waals surface area contributed by atoms with Gasteiger partial charge in [-0.3, -0.25) is 14.9 Å². The van der Waals surface area contributed by atoms with Crippen LogP contribution in [0.5, 0.6) is 0 Å². The van der Waals surface area contributed by atoms with E-state index in [2.05, 4.69) is 5.32 Å². The summed E-state index contributed by atoms with van der Waals surface area (Å²) in [5.41, 5.74) is -0.298. The molecular formula is C17H24FN3O3. The lowest BCUT2D eigenvalue weighted by atomic mass is 9.94. The molecule has 0 spiro atoms. The number of non-ortho nitro benzene ring substituents is 1. The molecule has 1 aliphatic heterocycles. The Kier molecular flexibility index (Phi) is 5.41. The molecule has 1 aromatic carbocycles. The molecule has 1 amide bonds. The molecule has 7 heteroatoms. The summed E-state index contributed by atoms with van der Waals surface area (Å²) in [6, 6.07) is 3.74. The van der Waals surface area contributed by atoms with E-state index in [1.807, 2.05) is 25.7 Å². The molecule has 0 bridgehead atoms. The molecule has 0 radical (unpaired) electrons. The van der Waals surface area contributed by atoms with E-state index in [0.717, 1.165) is 18.9 Å². The second-order valence-corrected chi connectivity index (χ2v) is 7.31. The van der Waals surface area contributed by atoms with Crippen molar-refractivity contribution in [1.82, 2.24) is 5.32 Å². The average Bonchev–Trinajstić information content (AvgIpc) is 2.51. The summed E-state index contributed by atoms with van der Waals surface area (Å²) in [4.78, 5) is 24.0. The molecule has 1 unspecified atom stereocenters. The number of rotatable bonds is 4. The lowest BCUT2D eigenvalue weighted by Gasteiger charge is -2.35. The number of halogens is 1. The van der Waals surface area contributed by atoms with E-state index in [1.54, 1.807) is 0 Å². The molecule has 1 atom stereocenters. The summed E-state index contributed by atoms with van der Waals surface area (Å²) < 4.78 is 14.2. The number of piperidine rings is 1.